The summed E-state index contributed by atoms with van der Waals surface area (Å²) >= 11 is 0. The van der Waals surface area contributed by atoms with Crippen LogP contribution in [0, 0.1) is 19.7 Å². The van der Waals surface area contributed by atoms with Gasteiger partial charge in [-0.1, -0.05) is 42.5 Å². The van der Waals surface area contributed by atoms with Crippen molar-refractivity contribution in [1.29, 1.82) is 0 Å². The van der Waals surface area contributed by atoms with E-state index in [0.29, 0.717) is 24.5 Å². The maximum atomic E-state index is 12.7. The Hall–Kier alpha value is -3.26. The zero-order chi connectivity index (χ0) is 27.7. The molecule has 38 heavy (non-hydrogen) atoms. The number of aromatic carboxylic acids is 1. The number of ether oxygens (including phenoxy) is 2. The second-order valence-corrected chi connectivity index (χ2v) is 9.70. The number of carbonyl (C=O) groups is 1. The molecule has 2 N–H and O–H groups in total. The van der Waals surface area contributed by atoms with Gasteiger partial charge in [0, 0.05) is 6.54 Å². The van der Waals surface area contributed by atoms with Gasteiger partial charge in [0.05, 0.1) is 31.5 Å². The summed E-state index contributed by atoms with van der Waals surface area (Å²) in [7, 11) is 1.45. The SMILES string of the molecule is COc1ccc(C)cc1F.Cc1cc(-c2ccccc2C(C)OCC(O)CN2CCCC2)ccc1C(=O)O. The van der Waals surface area contributed by atoms with E-state index in [1.807, 2.05) is 63.2 Å². The molecule has 1 aliphatic heterocycles. The molecule has 4 rings (SSSR count). The fourth-order valence-corrected chi connectivity index (χ4v) is 4.62. The van der Waals surface area contributed by atoms with Gasteiger partial charge in [-0.3, -0.25) is 0 Å². The van der Waals surface area contributed by atoms with Crippen molar-refractivity contribution in [3.05, 3.63) is 88.7 Å². The van der Waals surface area contributed by atoms with Gasteiger partial charge in [0.15, 0.2) is 11.6 Å². The van der Waals surface area contributed by atoms with E-state index in [1.54, 1.807) is 12.1 Å². The standard InChI is InChI=1S/C23H29NO4.C8H9FO/c1-16-13-18(9-10-20(16)23(26)27)22-8-4-3-7-21(22)17(2)28-15-19(25)14-24-11-5-6-12-24;1-6-3-4-8(10-2)7(9)5-6/h3-4,7-10,13,17,19,25H,5-6,11-12,14-15H2,1-2H3,(H,26,27);3-5H,1-2H3. The summed E-state index contributed by atoms with van der Waals surface area (Å²) < 4.78 is 23.4. The van der Waals surface area contributed by atoms with Gasteiger partial charge in [0.2, 0.25) is 0 Å². The van der Waals surface area contributed by atoms with Gasteiger partial charge in [0.1, 0.15) is 0 Å². The zero-order valence-corrected chi connectivity index (χ0v) is 22.6. The summed E-state index contributed by atoms with van der Waals surface area (Å²) in [6.45, 7) is 8.70. The molecule has 3 aromatic carbocycles. The smallest absolute Gasteiger partial charge is 0.335 e. The highest BCUT2D eigenvalue weighted by molar-refractivity contribution is 5.90. The molecule has 0 aliphatic carbocycles. The molecule has 0 radical (unpaired) electrons. The van der Waals surface area contributed by atoms with Gasteiger partial charge in [-0.25, -0.2) is 9.18 Å². The molecule has 0 amide bonds. The van der Waals surface area contributed by atoms with Gasteiger partial charge in [0.25, 0.3) is 0 Å². The molecule has 2 unspecified atom stereocenters. The molecule has 1 saturated heterocycles. The number of likely N-dealkylation sites (tertiary alicyclic amines) is 1. The van der Waals surface area contributed by atoms with Crippen molar-refractivity contribution >= 4 is 5.97 Å². The topological polar surface area (TPSA) is 79.2 Å². The number of aliphatic hydroxyl groups excluding tert-OH is 1. The Morgan fingerprint density at radius 2 is 1.76 bits per heavy atom. The van der Waals surface area contributed by atoms with Gasteiger partial charge in [-0.15, -0.1) is 0 Å². The minimum atomic E-state index is -0.916. The molecule has 0 bridgehead atoms. The van der Waals surface area contributed by atoms with Crippen LogP contribution >= 0.6 is 0 Å². The minimum absolute atomic E-state index is 0.177. The summed E-state index contributed by atoms with van der Waals surface area (Å²) in [6, 6.07) is 18.2. The molecule has 3 aromatic rings. The van der Waals surface area contributed by atoms with Gasteiger partial charge >= 0.3 is 5.97 Å². The van der Waals surface area contributed by atoms with E-state index in [9.17, 15) is 19.4 Å². The molecule has 1 aliphatic rings. The first kappa shape index (κ1) is 29.3. The normalized spacial score (nSPS) is 14.9. The number of nitrogens with zero attached hydrogens (tertiary/aromatic N) is 1. The van der Waals surface area contributed by atoms with E-state index >= 15 is 0 Å². The molecule has 204 valence electrons. The van der Waals surface area contributed by atoms with Crippen molar-refractivity contribution in [2.45, 2.75) is 45.8 Å². The Morgan fingerprint density at radius 1 is 1.05 bits per heavy atom. The van der Waals surface area contributed by atoms with Crippen LogP contribution in [-0.4, -0.2) is 60.5 Å². The molecule has 1 fully saturated rings. The summed E-state index contributed by atoms with van der Waals surface area (Å²) in [5.74, 6) is -0.922. The maximum absolute atomic E-state index is 12.7. The van der Waals surface area contributed by atoms with Crippen LogP contribution in [0.15, 0.2) is 60.7 Å². The zero-order valence-electron chi connectivity index (χ0n) is 22.6. The van der Waals surface area contributed by atoms with Crippen molar-refractivity contribution in [1.82, 2.24) is 4.90 Å². The third-order valence-corrected chi connectivity index (χ3v) is 6.68. The lowest BCUT2D eigenvalue weighted by Gasteiger charge is -2.22. The lowest BCUT2D eigenvalue weighted by atomic mass is 9.94. The molecule has 2 atom stereocenters. The number of carboxylic acid groups (broad SMARTS) is 1. The van der Waals surface area contributed by atoms with Crippen LogP contribution in [0.1, 0.15) is 52.9 Å². The second kappa shape index (κ2) is 14.0. The highest BCUT2D eigenvalue weighted by Crippen LogP contribution is 2.31. The third kappa shape index (κ3) is 8.12. The van der Waals surface area contributed by atoms with E-state index in [0.717, 1.165) is 40.9 Å². The van der Waals surface area contributed by atoms with Crippen molar-refractivity contribution < 1.29 is 28.9 Å². The third-order valence-electron chi connectivity index (χ3n) is 6.68. The van der Waals surface area contributed by atoms with Crippen LogP contribution in [0.3, 0.4) is 0 Å². The van der Waals surface area contributed by atoms with E-state index in [-0.39, 0.29) is 11.9 Å². The average molecular weight is 524 g/mol. The summed E-state index contributed by atoms with van der Waals surface area (Å²) in [5, 5.41) is 19.5. The van der Waals surface area contributed by atoms with Crippen LogP contribution in [0.2, 0.25) is 0 Å². The molecule has 0 saturated carbocycles. The van der Waals surface area contributed by atoms with Gasteiger partial charge in [-0.05, 0) is 92.7 Å². The Labute approximate surface area is 224 Å². The maximum Gasteiger partial charge on any atom is 0.335 e. The predicted octanol–water partition coefficient (Wildman–Crippen LogP) is 6.04. The highest BCUT2D eigenvalue weighted by Gasteiger charge is 2.19. The predicted molar refractivity (Wildman–Crippen MR) is 147 cm³/mol. The summed E-state index contributed by atoms with van der Waals surface area (Å²) in [5.41, 5.74) is 4.96. The van der Waals surface area contributed by atoms with E-state index in [2.05, 4.69) is 4.90 Å². The van der Waals surface area contributed by atoms with Crippen molar-refractivity contribution in [3.8, 4) is 16.9 Å². The van der Waals surface area contributed by atoms with Crippen molar-refractivity contribution in [2.24, 2.45) is 0 Å². The van der Waals surface area contributed by atoms with Crippen molar-refractivity contribution in [2.75, 3.05) is 33.4 Å². The number of aryl methyl sites for hydroxylation is 2. The lowest BCUT2D eigenvalue weighted by Crippen LogP contribution is -2.33. The summed E-state index contributed by atoms with van der Waals surface area (Å²) in [4.78, 5) is 13.5. The van der Waals surface area contributed by atoms with Crippen molar-refractivity contribution in [3.63, 3.8) is 0 Å². The monoisotopic (exact) mass is 523 g/mol. The van der Waals surface area contributed by atoms with Crippen LogP contribution in [0.25, 0.3) is 11.1 Å². The van der Waals surface area contributed by atoms with E-state index in [4.69, 9.17) is 9.47 Å². The molecule has 7 heteroatoms. The number of methoxy groups -OCH3 is 1. The van der Waals surface area contributed by atoms with Gasteiger partial charge < -0.3 is 24.6 Å². The molecule has 6 nitrogen and oxygen atoms in total. The van der Waals surface area contributed by atoms with E-state index < -0.39 is 12.1 Å². The second-order valence-electron chi connectivity index (χ2n) is 9.70. The summed E-state index contributed by atoms with van der Waals surface area (Å²) in [6.07, 6.45) is 1.74. The fourth-order valence-electron chi connectivity index (χ4n) is 4.62. The largest absolute Gasteiger partial charge is 0.494 e. The number of hydrogen-bond donors (Lipinski definition) is 2. The molecular weight excluding hydrogens is 485 g/mol. The first-order valence-corrected chi connectivity index (χ1v) is 12.9. The van der Waals surface area contributed by atoms with Crippen LogP contribution in [-0.2, 0) is 4.74 Å². The number of rotatable bonds is 9. The van der Waals surface area contributed by atoms with Crippen LogP contribution in [0.4, 0.5) is 4.39 Å². The van der Waals surface area contributed by atoms with Crippen LogP contribution in [0.5, 0.6) is 5.75 Å². The van der Waals surface area contributed by atoms with Gasteiger partial charge in [-0.2, -0.15) is 0 Å². The molecule has 0 aromatic heterocycles. The fraction of sp³-hybridized carbons (Fsp3) is 0.387. The minimum Gasteiger partial charge on any atom is -0.494 e. The Kier molecular flexibility index (Phi) is 10.8. The first-order valence-electron chi connectivity index (χ1n) is 12.9. The molecule has 0 spiro atoms. The highest BCUT2D eigenvalue weighted by atomic mass is 19.1. The number of β-amino-alcohol motifs (C(OH)–C–C–N with tert-alkyl or cyclic N) is 1. The molecular formula is C31H38FNO5. The van der Waals surface area contributed by atoms with E-state index in [1.165, 1.54) is 26.0 Å². The van der Waals surface area contributed by atoms with Crippen LogP contribution < -0.4 is 4.74 Å². The average Bonchev–Trinajstić information content (AvgIpc) is 3.40. The Balaban J connectivity index is 0.000000336. The number of carboxylic acids is 1. The first-order chi connectivity index (χ1) is 18.2. The Morgan fingerprint density at radius 3 is 2.39 bits per heavy atom. The number of aliphatic hydroxyl groups is 1. The quantitative estimate of drug-likeness (QED) is 0.356. The number of halogens is 1. The number of hydrogen-bond acceptors (Lipinski definition) is 5. The Bertz CT molecular complexity index is 1210. The number of benzene rings is 3. The lowest BCUT2D eigenvalue weighted by molar-refractivity contribution is -0.0131. The molecule has 1 heterocycles.